The van der Waals surface area contributed by atoms with Crippen molar-refractivity contribution in [2.75, 3.05) is 7.11 Å². The zero-order valence-corrected chi connectivity index (χ0v) is 17.6. The molecule has 6 nitrogen and oxygen atoms in total. The van der Waals surface area contributed by atoms with Crippen LogP contribution in [-0.2, 0) is 20.7 Å². The molecule has 0 bridgehead atoms. The van der Waals surface area contributed by atoms with Gasteiger partial charge >= 0.3 is 11.9 Å². The van der Waals surface area contributed by atoms with E-state index >= 15 is 0 Å². The van der Waals surface area contributed by atoms with Crippen molar-refractivity contribution in [3.63, 3.8) is 0 Å². The first-order chi connectivity index (χ1) is 13.6. The van der Waals surface area contributed by atoms with Gasteiger partial charge in [-0.25, -0.2) is 9.59 Å². The number of methoxy groups -OCH3 is 1. The number of carbonyl (C=O) groups is 3. The van der Waals surface area contributed by atoms with Gasteiger partial charge in [0, 0.05) is 6.42 Å². The van der Waals surface area contributed by atoms with Crippen LogP contribution in [0.1, 0.15) is 47.1 Å². The lowest BCUT2D eigenvalue weighted by Crippen LogP contribution is -2.43. The highest BCUT2D eigenvalue weighted by Gasteiger charge is 2.24. The summed E-state index contributed by atoms with van der Waals surface area (Å²) in [6, 6.07) is 12.3. The van der Waals surface area contributed by atoms with E-state index < -0.39 is 29.5 Å². The van der Waals surface area contributed by atoms with Gasteiger partial charge in [0.25, 0.3) is 5.91 Å². The van der Waals surface area contributed by atoms with Crippen molar-refractivity contribution >= 4 is 29.4 Å². The van der Waals surface area contributed by atoms with Crippen molar-refractivity contribution in [2.45, 2.75) is 38.8 Å². The van der Waals surface area contributed by atoms with Crippen LogP contribution in [0.4, 0.5) is 0 Å². The van der Waals surface area contributed by atoms with Crippen molar-refractivity contribution < 1.29 is 23.9 Å². The molecule has 2 aromatic rings. The first kappa shape index (κ1) is 22.4. The summed E-state index contributed by atoms with van der Waals surface area (Å²) in [7, 11) is 1.25. The fourth-order valence-electron chi connectivity index (χ4n) is 2.57. The van der Waals surface area contributed by atoms with Gasteiger partial charge in [0.1, 0.15) is 11.6 Å². The van der Waals surface area contributed by atoms with Crippen LogP contribution < -0.4 is 5.32 Å². The molecule has 0 saturated carbocycles. The maximum absolute atomic E-state index is 12.5. The zero-order valence-electron chi connectivity index (χ0n) is 16.8. The van der Waals surface area contributed by atoms with Gasteiger partial charge in [-0.1, -0.05) is 35.9 Å². The molecule has 0 spiro atoms. The van der Waals surface area contributed by atoms with Crippen LogP contribution in [-0.4, -0.2) is 36.6 Å². The second kappa shape index (κ2) is 9.56. The number of carbonyl (C=O) groups excluding carboxylic acids is 3. The minimum absolute atomic E-state index is 0.192. The van der Waals surface area contributed by atoms with Gasteiger partial charge in [-0.15, -0.1) is 0 Å². The number of hydrogen-bond acceptors (Lipinski definition) is 5. The van der Waals surface area contributed by atoms with Crippen LogP contribution >= 0.6 is 11.6 Å². The Morgan fingerprint density at radius 2 is 1.66 bits per heavy atom. The quantitative estimate of drug-likeness (QED) is 0.723. The molecule has 0 fully saturated rings. The molecule has 29 heavy (non-hydrogen) atoms. The highest BCUT2D eigenvalue weighted by molar-refractivity contribution is 6.33. The molecule has 2 rings (SSSR count). The molecule has 0 aliphatic heterocycles. The molecule has 0 aliphatic rings. The normalized spacial score (nSPS) is 12.0. The Bertz CT molecular complexity index is 887. The molecular formula is C22H24ClNO5. The van der Waals surface area contributed by atoms with Crippen molar-refractivity contribution in [2.24, 2.45) is 0 Å². The summed E-state index contributed by atoms with van der Waals surface area (Å²) in [4.78, 5) is 36.8. The number of esters is 2. The molecule has 0 unspecified atom stereocenters. The van der Waals surface area contributed by atoms with E-state index in [1.165, 1.54) is 7.11 Å². The van der Waals surface area contributed by atoms with Crippen molar-refractivity contribution in [3.8, 4) is 0 Å². The molecule has 2 aromatic carbocycles. The number of rotatable bonds is 6. The van der Waals surface area contributed by atoms with Crippen LogP contribution in [0.2, 0.25) is 5.02 Å². The van der Waals surface area contributed by atoms with Crippen LogP contribution in [0, 0.1) is 0 Å². The lowest BCUT2D eigenvalue weighted by atomic mass is 10.0. The fourth-order valence-corrected chi connectivity index (χ4v) is 2.79. The molecule has 1 N–H and O–H groups in total. The van der Waals surface area contributed by atoms with E-state index in [2.05, 4.69) is 5.32 Å². The first-order valence-corrected chi connectivity index (χ1v) is 9.44. The molecule has 0 saturated heterocycles. The molecule has 0 radical (unpaired) electrons. The molecule has 7 heteroatoms. The highest BCUT2D eigenvalue weighted by Crippen LogP contribution is 2.16. The average Bonchev–Trinajstić information content (AvgIpc) is 2.66. The summed E-state index contributed by atoms with van der Waals surface area (Å²) in [5.74, 6) is -1.49. The van der Waals surface area contributed by atoms with Gasteiger partial charge in [-0.2, -0.15) is 0 Å². The number of ether oxygens (including phenoxy) is 2. The van der Waals surface area contributed by atoms with E-state index in [4.69, 9.17) is 21.1 Å². The van der Waals surface area contributed by atoms with Gasteiger partial charge in [-0.3, -0.25) is 4.79 Å². The molecular weight excluding hydrogens is 394 g/mol. The number of nitrogens with one attached hydrogen (secondary N) is 1. The van der Waals surface area contributed by atoms with Gasteiger partial charge in [-0.05, 0) is 50.6 Å². The van der Waals surface area contributed by atoms with Crippen molar-refractivity contribution in [3.05, 3.63) is 70.2 Å². The number of hydrogen-bond donors (Lipinski definition) is 1. The van der Waals surface area contributed by atoms with Crippen LogP contribution in [0.5, 0.6) is 0 Å². The molecule has 154 valence electrons. The predicted molar refractivity (Wildman–Crippen MR) is 110 cm³/mol. The Hall–Kier alpha value is -2.86. The monoisotopic (exact) mass is 417 g/mol. The third kappa shape index (κ3) is 6.61. The van der Waals surface area contributed by atoms with E-state index in [-0.39, 0.29) is 17.0 Å². The standard InChI is InChI=1S/C22H24ClNO5/c1-22(2,3)29-20(26)15-11-9-14(10-12-15)13-18(21(27)28-4)24-19(25)16-7-5-6-8-17(16)23/h5-12,18H,13H2,1-4H3,(H,24,25)/t18-/m1/s1. The number of benzene rings is 2. The van der Waals surface area contributed by atoms with Gasteiger partial charge in [0.2, 0.25) is 0 Å². The zero-order chi connectivity index (χ0) is 21.6. The summed E-state index contributed by atoms with van der Waals surface area (Å²) < 4.78 is 10.1. The van der Waals surface area contributed by atoms with Gasteiger partial charge < -0.3 is 14.8 Å². The molecule has 0 aliphatic carbocycles. The van der Waals surface area contributed by atoms with Crippen molar-refractivity contribution in [1.82, 2.24) is 5.32 Å². The first-order valence-electron chi connectivity index (χ1n) is 9.06. The van der Waals surface area contributed by atoms with E-state index in [1.54, 1.807) is 69.3 Å². The Morgan fingerprint density at radius 1 is 1.03 bits per heavy atom. The van der Waals surface area contributed by atoms with Crippen LogP contribution in [0.3, 0.4) is 0 Å². The topological polar surface area (TPSA) is 81.7 Å². The van der Waals surface area contributed by atoms with E-state index in [0.717, 1.165) is 5.56 Å². The minimum atomic E-state index is -0.906. The van der Waals surface area contributed by atoms with Crippen LogP contribution in [0.15, 0.2) is 48.5 Å². The summed E-state index contributed by atoms with van der Waals surface area (Å²) >= 11 is 6.05. The summed E-state index contributed by atoms with van der Waals surface area (Å²) in [6.45, 7) is 5.38. The highest BCUT2D eigenvalue weighted by atomic mass is 35.5. The Labute approximate surface area is 175 Å². The summed E-state index contributed by atoms with van der Waals surface area (Å²) in [5, 5.41) is 2.94. The number of amides is 1. The Balaban J connectivity index is 2.12. The van der Waals surface area contributed by atoms with E-state index in [0.29, 0.717) is 5.56 Å². The van der Waals surface area contributed by atoms with E-state index in [9.17, 15) is 14.4 Å². The molecule has 1 amide bonds. The van der Waals surface area contributed by atoms with Gasteiger partial charge in [0.05, 0.1) is 23.3 Å². The summed E-state index contributed by atoms with van der Waals surface area (Å²) in [5.41, 5.74) is 0.822. The summed E-state index contributed by atoms with van der Waals surface area (Å²) in [6.07, 6.45) is 0.192. The van der Waals surface area contributed by atoms with Crippen molar-refractivity contribution in [1.29, 1.82) is 0 Å². The molecule has 0 heterocycles. The third-order valence-corrected chi connectivity index (χ3v) is 4.27. The van der Waals surface area contributed by atoms with E-state index in [1.807, 2.05) is 0 Å². The lowest BCUT2D eigenvalue weighted by molar-refractivity contribution is -0.142. The second-order valence-electron chi connectivity index (χ2n) is 7.43. The minimum Gasteiger partial charge on any atom is -0.467 e. The smallest absolute Gasteiger partial charge is 0.338 e. The maximum atomic E-state index is 12.5. The lowest BCUT2D eigenvalue weighted by Gasteiger charge is -2.20. The Morgan fingerprint density at radius 3 is 2.21 bits per heavy atom. The molecule has 0 aromatic heterocycles. The second-order valence-corrected chi connectivity index (χ2v) is 7.84. The third-order valence-electron chi connectivity index (χ3n) is 3.94. The van der Waals surface area contributed by atoms with Crippen LogP contribution in [0.25, 0.3) is 0 Å². The fraction of sp³-hybridized carbons (Fsp3) is 0.318. The number of halogens is 1. The largest absolute Gasteiger partial charge is 0.467 e. The predicted octanol–water partition coefficient (Wildman–Crippen LogP) is 3.81. The maximum Gasteiger partial charge on any atom is 0.338 e. The Kier molecular flexibility index (Phi) is 7.40. The molecule has 1 atom stereocenters. The van der Waals surface area contributed by atoms with Gasteiger partial charge in [0.15, 0.2) is 0 Å². The SMILES string of the molecule is COC(=O)[C@@H](Cc1ccc(C(=O)OC(C)(C)C)cc1)NC(=O)c1ccccc1Cl. The average molecular weight is 418 g/mol.